The van der Waals surface area contributed by atoms with Gasteiger partial charge in [0.05, 0.1) is 22.4 Å². The third kappa shape index (κ3) is 9.42. The van der Waals surface area contributed by atoms with E-state index in [9.17, 15) is 4.79 Å². The van der Waals surface area contributed by atoms with E-state index in [2.05, 4.69) is 38.1 Å². The van der Waals surface area contributed by atoms with Crippen molar-refractivity contribution in [3.05, 3.63) is 33.2 Å². The van der Waals surface area contributed by atoms with Crippen LogP contribution < -0.4 is 28.3 Å². The predicted molar refractivity (Wildman–Crippen MR) is 135 cm³/mol. The van der Waals surface area contributed by atoms with Gasteiger partial charge in [-0.25, -0.2) is 24.7 Å². The van der Waals surface area contributed by atoms with Crippen LogP contribution in [0.3, 0.4) is 0 Å². The highest BCUT2D eigenvalue weighted by Gasteiger charge is 2.16. The van der Waals surface area contributed by atoms with Crippen LogP contribution in [0.2, 0.25) is 0 Å². The van der Waals surface area contributed by atoms with Crippen LogP contribution in [0.4, 0.5) is 4.79 Å². The number of nitrogens with two attached hydrogens (primary N) is 4. The molecule has 16 heteroatoms. The van der Waals surface area contributed by atoms with E-state index >= 15 is 0 Å². The van der Waals surface area contributed by atoms with Crippen LogP contribution in [0, 0.1) is 0 Å². The largest absolute Gasteiger partial charge is 0.370 e. The highest BCUT2D eigenvalue weighted by atomic mass is 32.2. The number of rotatable bonds is 12. The zero-order valence-electron chi connectivity index (χ0n) is 16.3. The summed E-state index contributed by atoms with van der Waals surface area (Å²) < 4.78 is 1.30. The van der Waals surface area contributed by atoms with Crippen molar-refractivity contribution in [3.63, 3.8) is 0 Å². The third-order valence-corrected chi connectivity index (χ3v) is 7.18. The van der Waals surface area contributed by atoms with Gasteiger partial charge >= 0.3 is 6.03 Å². The number of aromatic nitrogens is 2. The van der Waals surface area contributed by atoms with Crippen LogP contribution in [0.5, 0.6) is 0 Å². The van der Waals surface area contributed by atoms with E-state index in [1.165, 1.54) is 50.5 Å². The van der Waals surface area contributed by atoms with E-state index < -0.39 is 0 Å². The van der Waals surface area contributed by atoms with Gasteiger partial charge in [0.1, 0.15) is 10.7 Å². The highest BCUT2D eigenvalue weighted by Crippen LogP contribution is 2.30. The summed E-state index contributed by atoms with van der Waals surface area (Å²) in [6.07, 6.45) is 0. The van der Waals surface area contributed by atoms with E-state index in [4.69, 9.17) is 22.9 Å². The Bertz CT molecular complexity index is 837. The van der Waals surface area contributed by atoms with Crippen molar-refractivity contribution in [2.24, 2.45) is 32.9 Å². The van der Waals surface area contributed by atoms with Gasteiger partial charge in [-0.2, -0.15) is 0 Å². The maximum absolute atomic E-state index is 12.2. The summed E-state index contributed by atoms with van der Waals surface area (Å²) in [5.74, 6) is 1.14. The Morgan fingerprint density at radius 3 is 2.00 bits per heavy atom. The van der Waals surface area contributed by atoms with Crippen molar-refractivity contribution in [1.82, 2.24) is 19.6 Å². The monoisotopic (exact) mass is 520 g/mol. The first-order valence-corrected chi connectivity index (χ1v) is 13.2. The Hall–Kier alpha value is -1.88. The van der Waals surface area contributed by atoms with Crippen LogP contribution >= 0.6 is 59.0 Å². The van der Waals surface area contributed by atoms with Crippen molar-refractivity contribution in [2.45, 2.75) is 10.7 Å². The minimum absolute atomic E-state index is 0.00903. The molecule has 2 atom stereocenters. The Labute approximate surface area is 202 Å². The van der Waals surface area contributed by atoms with Gasteiger partial charge in [0.2, 0.25) is 0 Å². The average molecular weight is 521 g/mol. The molecule has 0 aliphatic carbocycles. The molecule has 31 heavy (non-hydrogen) atoms. The number of thiol groups is 1. The van der Waals surface area contributed by atoms with Crippen LogP contribution in [0.15, 0.2) is 31.8 Å². The van der Waals surface area contributed by atoms with Gasteiger partial charge in [0.15, 0.2) is 11.9 Å². The predicted octanol–water partition coefficient (Wildman–Crippen LogP) is 1.17. The summed E-state index contributed by atoms with van der Waals surface area (Å²) in [4.78, 5) is 29.1. The molecular weight excluding hydrogens is 497 g/mol. The molecule has 2 rings (SSSR count). The molecule has 0 radical (unpaired) electrons. The number of aliphatic imine (C=N–C) groups is 2. The quantitative estimate of drug-likeness (QED) is 0.103. The molecule has 170 valence electrons. The van der Waals surface area contributed by atoms with Crippen LogP contribution in [0.25, 0.3) is 0 Å². The van der Waals surface area contributed by atoms with Crippen LogP contribution in [-0.4, -0.2) is 56.8 Å². The number of urea groups is 1. The summed E-state index contributed by atoms with van der Waals surface area (Å²) in [7, 11) is 0. The zero-order valence-corrected chi connectivity index (χ0v) is 20.5. The maximum Gasteiger partial charge on any atom is 0.327 e. The fraction of sp³-hybridized carbons (Fsp3) is 0.400. The van der Waals surface area contributed by atoms with E-state index in [0.717, 1.165) is 11.4 Å². The van der Waals surface area contributed by atoms with Crippen molar-refractivity contribution in [2.75, 3.05) is 24.6 Å². The van der Waals surface area contributed by atoms with Gasteiger partial charge in [-0.3, -0.25) is 4.31 Å². The smallest absolute Gasteiger partial charge is 0.327 e. The van der Waals surface area contributed by atoms with Crippen LogP contribution in [-0.2, 0) is 0 Å². The molecule has 0 fully saturated rings. The van der Waals surface area contributed by atoms with Crippen LogP contribution in [0.1, 0.15) is 22.1 Å². The molecule has 2 heterocycles. The Kier molecular flexibility index (Phi) is 11.1. The van der Waals surface area contributed by atoms with Gasteiger partial charge in [0.25, 0.3) is 0 Å². The van der Waals surface area contributed by atoms with Gasteiger partial charge < -0.3 is 28.3 Å². The number of carbonyl (C=O) groups excluding carboxylic acids is 1. The number of carbonyl (C=O) groups is 1. The zero-order chi connectivity index (χ0) is 22.6. The first-order chi connectivity index (χ1) is 14.9. The molecule has 0 bridgehead atoms. The SMILES string of the molecule is NC(N)=NC(SCCNC(=O)N(S)CCSC(N=C(N)N)c1cscn1)c1cscn1. The summed E-state index contributed by atoms with van der Waals surface area (Å²) >= 11 is 10.1. The lowest BCUT2D eigenvalue weighted by atomic mass is 10.5. The number of thiazole rings is 2. The van der Waals surface area contributed by atoms with E-state index in [0.29, 0.717) is 24.6 Å². The second-order valence-electron chi connectivity index (χ2n) is 5.74. The second kappa shape index (κ2) is 13.5. The normalized spacial score (nSPS) is 12.5. The summed E-state index contributed by atoms with van der Waals surface area (Å²) in [5, 5.41) is 5.94. The first kappa shape index (κ1) is 25.4. The molecule has 0 spiro atoms. The molecule has 9 N–H and O–H groups in total. The number of nitrogens with one attached hydrogen (secondary N) is 1. The van der Waals surface area contributed by atoms with E-state index in [1.54, 1.807) is 11.0 Å². The fourth-order valence-electron chi connectivity index (χ4n) is 2.11. The molecule has 0 saturated carbocycles. The second-order valence-corrected chi connectivity index (χ2v) is 10.0. The summed E-state index contributed by atoms with van der Waals surface area (Å²) in [6, 6.07) is -0.302. The lowest BCUT2D eigenvalue weighted by Crippen LogP contribution is -2.36. The van der Waals surface area contributed by atoms with E-state index in [1.807, 2.05) is 10.8 Å². The number of hydrogen-bond acceptors (Lipinski definition) is 10. The van der Waals surface area contributed by atoms with Gasteiger partial charge in [-0.1, -0.05) is 12.8 Å². The first-order valence-electron chi connectivity index (χ1n) is 8.78. The standard InChI is InChI=1S/C15H24N10OS5/c16-13(17)23-11(9-5-28-7-21-9)30-3-1-20-15(26)25(27)2-4-31-12(24-14(18)19)10-6-29-8-22-10/h5-8,11-12,27H,1-4H2,(H,20,26)(H4,16,17,23)(H4,18,19,24). The molecule has 2 amide bonds. The van der Waals surface area contributed by atoms with Gasteiger partial charge in [-0.15, -0.1) is 46.2 Å². The maximum atomic E-state index is 12.2. The summed E-state index contributed by atoms with van der Waals surface area (Å²) in [5.41, 5.74) is 27.0. The lowest BCUT2D eigenvalue weighted by Gasteiger charge is -2.18. The number of guanidine groups is 2. The molecule has 0 aromatic carbocycles. The highest BCUT2D eigenvalue weighted by molar-refractivity contribution is 7.99. The molecule has 2 aromatic heterocycles. The van der Waals surface area contributed by atoms with Crippen molar-refractivity contribution < 1.29 is 4.79 Å². The number of hydrogen-bond donors (Lipinski definition) is 6. The Morgan fingerprint density at radius 1 is 1.03 bits per heavy atom. The minimum atomic E-state index is -0.323. The molecule has 11 nitrogen and oxygen atoms in total. The van der Waals surface area contributed by atoms with Gasteiger partial charge in [-0.05, 0) is 0 Å². The molecule has 2 unspecified atom stereocenters. The third-order valence-electron chi connectivity index (χ3n) is 3.41. The topological polar surface area (TPSA) is 187 Å². The fourth-order valence-corrected chi connectivity index (χ4v) is 5.68. The molecule has 0 saturated heterocycles. The number of amides is 2. The lowest BCUT2D eigenvalue weighted by molar-refractivity contribution is 0.228. The molecule has 0 aliphatic heterocycles. The summed E-state index contributed by atoms with van der Waals surface area (Å²) in [6.45, 7) is 0.812. The van der Waals surface area contributed by atoms with E-state index in [-0.39, 0.29) is 28.7 Å². The number of nitrogens with zero attached hydrogens (tertiary/aromatic N) is 5. The Balaban J connectivity index is 1.72. The average Bonchev–Trinajstić information content (AvgIpc) is 3.42. The van der Waals surface area contributed by atoms with Crippen molar-refractivity contribution >= 4 is 77.0 Å². The molecule has 2 aromatic rings. The molecular formula is C15H24N10OS5. The minimum Gasteiger partial charge on any atom is -0.370 e. The van der Waals surface area contributed by atoms with Crippen molar-refractivity contribution in [1.29, 1.82) is 0 Å². The van der Waals surface area contributed by atoms with Crippen molar-refractivity contribution in [3.8, 4) is 0 Å². The molecule has 0 aliphatic rings. The Morgan fingerprint density at radius 2 is 1.55 bits per heavy atom. The number of thioether (sulfide) groups is 2. The van der Waals surface area contributed by atoms with Gasteiger partial charge in [0, 0.05) is 35.4 Å².